The molecule has 0 saturated heterocycles. The minimum absolute atomic E-state index is 0.333. The maximum Gasteiger partial charge on any atom is 0.176 e. The Bertz CT molecular complexity index is 625. The van der Waals surface area contributed by atoms with Gasteiger partial charge in [-0.2, -0.15) is 0 Å². The number of carbonyl (C=O) groups is 1. The Morgan fingerprint density at radius 3 is 2.81 bits per heavy atom. The van der Waals surface area contributed by atoms with Gasteiger partial charge in [0.15, 0.2) is 11.5 Å². The summed E-state index contributed by atoms with van der Waals surface area (Å²) in [5.41, 5.74) is 0.535. The molecule has 1 aromatic carbocycles. The van der Waals surface area contributed by atoms with Gasteiger partial charge in [-0.05, 0) is 41.9 Å². The number of aldehydes is 1. The summed E-state index contributed by atoms with van der Waals surface area (Å²) >= 11 is 3.42. The highest BCUT2D eigenvalue weighted by Gasteiger charge is 2.13. The number of aromatic nitrogens is 2. The van der Waals surface area contributed by atoms with Crippen LogP contribution in [0.25, 0.3) is 0 Å². The fourth-order valence-corrected chi connectivity index (χ4v) is 2.54. The van der Waals surface area contributed by atoms with Crippen molar-refractivity contribution >= 4 is 22.2 Å². The Labute approximate surface area is 132 Å². The molecule has 0 radical (unpaired) electrons. The van der Waals surface area contributed by atoms with Gasteiger partial charge in [-0.25, -0.2) is 4.98 Å². The third-order valence-corrected chi connectivity index (χ3v) is 3.54. The van der Waals surface area contributed by atoms with Gasteiger partial charge in [0.25, 0.3) is 0 Å². The maximum atomic E-state index is 10.9. The van der Waals surface area contributed by atoms with Crippen molar-refractivity contribution in [2.24, 2.45) is 0 Å². The first kappa shape index (κ1) is 15.6. The van der Waals surface area contributed by atoms with Crippen LogP contribution < -0.4 is 9.47 Å². The molecule has 0 aliphatic heterocycles. The standard InChI is InChI=1S/C15H17BrN2O3/c1-3-18-6-5-17-14(18)10-21-15-12(16)7-11(9-19)8-13(15)20-4-2/h5-9H,3-4,10H2,1-2H3. The van der Waals surface area contributed by atoms with Gasteiger partial charge in [0, 0.05) is 24.5 Å². The van der Waals surface area contributed by atoms with E-state index >= 15 is 0 Å². The number of imidazole rings is 1. The lowest BCUT2D eigenvalue weighted by atomic mass is 10.2. The van der Waals surface area contributed by atoms with Crippen molar-refractivity contribution in [3.8, 4) is 11.5 Å². The molecule has 112 valence electrons. The van der Waals surface area contributed by atoms with Crippen LogP contribution in [0, 0.1) is 0 Å². The molecule has 0 aliphatic rings. The largest absolute Gasteiger partial charge is 0.490 e. The van der Waals surface area contributed by atoms with Crippen LogP contribution in [-0.4, -0.2) is 22.4 Å². The minimum atomic E-state index is 0.333. The van der Waals surface area contributed by atoms with Gasteiger partial charge in [0.05, 0.1) is 11.1 Å². The SMILES string of the molecule is CCOc1cc(C=O)cc(Br)c1OCc1nccn1CC. The van der Waals surface area contributed by atoms with E-state index < -0.39 is 0 Å². The van der Waals surface area contributed by atoms with E-state index in [0.29, 0.717) is 34.7 Å². The summed E-state index contributed by atoms with van der Waals surface area (Å²) in [5.74, 6) is 1.96. The number of hydrogen-bond acceptors (Lipinski definition) is 4. The van der Waals surface area contributed by atoms with E-state index in [-0.39, 0.29) is 0 Å². The summed E-state index contributed by atoms with van der Waals surface area (Å²) < 4.78 is 14.1. The Hall–Kier alpha value is -1.82. The van der Waals surface area contributed by atoms with Gasteiger partial charge >= 0.3 is 0 Å². The summed E-state index contributed by atoms with van der Waals surface area (Å²) in [5, 5.41) is 0. The Kier molecular flexibility index (Phi) is 5.38. The Morgan fingerprint density at radius 2 is 2.14 bits per heavy atom. The highest BCUT2D eigenvalue weighted by Crippen LogP contribution is 2.37. The fourth-order valence-electron chi connectivity index (χ4n) is 1.96. The summed E-state index contributed by atoms with van der Waals surface area (Å²) in [6, 6.07) is 3.38. The normalized spacial score (nSPS) is 10.4. The topological polar surface area (TPSA) is 53.4 Å². The molecule has 0 amide bonds. The predicted molar refractivity (Wildman–Crippen MR) is 82.9 cm³/mol. The number of ether oxygens (including phenoxy) is 2. The monoisotopic (exact) mass is 352 g/mol. The van der Waals surface area contributed by atoms with Crippen molar-refractivity contribution in [1.82, 2.24) is 9.55 Å². The lowest BCUT2D eigenvalue weighted by Crippen LogP contribution is -2.07. The molecule has 0 saturated carbocycles. The molecule has 2 rings (SSSR count). The van der Waals surface area contributed by atoms with Gasteiger partial charge in [-0.1, -0.05) is 0 Å². The predicted octanol–water partition coefficient (Wildman–Crippen LogP) is 3.46. The number of aryl methyl sites for hydroxylation is 1. The second-order valence-electron chi connectivity index (χ2n) is 4.30. The van der Waals surface area contributed by atoms with Gasteiger partial charge in [0.1, 0.15) is 18.7 Å². The average Bonchev–Trinajstić information content (AvgIpc) is 2.94. The maximum absolute atomic E-state index is 10.9. The molecular formula is C15H17BrN2O3. The van der Waals surface area contributed by atoms with Crippen LogP contribution in [0.2, 0.25) is 0 Å². The Morgan fingerprint density at radius 1 is 1.33 bits per heavy atom. The van der Waals surface area contributed by atoms with E-state index in [2.05, 4.69) is 20.9 Å². The molecule has 6 heteroatoms. The van der Waals surface area contributed by atoms with Crippen LogP contribution in [0.1, 0.15) is 30.0 Å². The zero-order valence-electron chi connectivity index (χ0n) is 12.0. The molecule has 5 nitrogen and oxygen atoms in total. The first-order valence-corrected chi connectivity index (χ1v) is 7.53. The number of hydrogen-bond donors (Lipinski definition) is 0. The molecule has 0 aliphatic carbocycles. The fraction of sp³-hybridized carbons (Fsp3) is 0.333. The first-order valence-electron chi connectivity index (χ1n) is 6.73. The lowest BCUT2D eigenvalue weighted by Gasteiger charge is -2.14. The molecule has 0 spiro atoms. The first-order chi connectivity index (χ1) is 10.2. The zero-order valence-corrected chi connectivity index (χ0v) is 13.6. The molecule has 0 fully saturated rings. The van der Waals surface area contributed by atoms with Gasteiger partial charge < -0.3 is 14.0 Å². The Balaban J connectivity index is 2.24. The molecule has 21 heavy (non-hydrogen) atoms. The minimum Gasteiger partial charge on any atom is -0.490 e. The van der Waals surface area contributed by atoms with E-state index in [9.17, 15) is 4.79 Å². The summed E-state index contributed by atoms with van der Waals surface area (Å²) in [4.78, 5) is 15.2. The summed E-state index contributed by atoms with van der Waals surface area (Å²) in [6.07, 6.45) is 4.43. The second kappa shape index (κ2) is 7.26. The molecule has 0 bridgehead atoms. The number of carbonyl (C=O) groups excluding carboxylic acids is 1. The van der Waals surface area contributed by atoms with E-state index in [1.807, 2.05) is 24.6 Å². The van der Waals surface area contributed by atoms with Crippen LogP contribution >= 0.6 is 15.9 Å². The quantitative estimate of drug-likeness (QED) is 0.716. The smallest absolute Gasteiger partial charge is 0.176 e. The summed E-state index contributed by atoms with van der Waals surface area (Å²) in [7, 11) is 0. The zero-order chi connectivity index (χ0) is 15.2. The number of nitrogens with zero attached hydrogens (tertiary/aromatic N) is 2. The summed E-state index contributed by atoms with van der Waals surface area (Å²) in [6.45, 7) is 5.59. The van der Waals surface area contributed by atoms with Gasteiger partial charge in [-0.15, -0.1) is 0 Å². The van der Waals surface area contributed by atoms with Crippen molar-refractivity contribution in [3.05, 3.63) is 40.4 Å². The van der Waals surface area contributed by atoms with Gasteiger partial charge in [-0.3, -0.25) is 4.79 Å². The van der Waals surface area contributed by atoms with Crippen LogP contribution in [0.3, 0.4) is 0 Å². The van der Waals surface area contributed by atoms with Crippen LogP contribution in [0.4, 0.5) is 0 Å². The van der Waals surface area contributed by atoms with Crippen LogP contribution in [-0.2, 0) is 13.2 Å². The van der Waals surface area contributed by atoms with Crippen molar-refractivity contribution in [1.29, 1.82) is 0 Å². The molecule has 1 aromatic heterocycles. The number of benzene rings is 1. The van der Waals surface area contributed by atoms with Crippen molar-refractivity contribution < 1.29 is 14.3 Å². The van der Waals surface area contributed by atoms with Crippen molar-refractivity contribution in [2.75, 3.05) is 6.61 Å². The molecule has 0 unspecified atom stereocenters. The molecule has 2 aromatic rings. The van der Waals surface area contributed by atoms with Crippen LogP contribution in [0.5, 0.6) is 11.5 Å². The highest BCUT2D eigenvalue weighted by molar-refractivity contribution is 9.10. The second-order valence-corrected chi connectivity index (χ2v) is 5.15. The van der Waals surface area contributed by atoms with E-state index in [1.54, 1.807) is 18.3 Å². The highest BCUT2D eigenvalue weighted by atomic mass is 79.9. The van der Waals surface area contributed by atoms with E-state index in [4.69, 9.17) is 9.47 Å². The molecule has 1 heterocycles. The number of halogens is 1. The van der Waals surface area contributed by atoms with Crippen molar-refractivity contribution in [3.63, 3.8) is 0 Å². The molecular weight excluding hydrogens is 336 g/mol. The van der Waals surface area contributed by atoms with E-state index in [0.717, 1.165) is 18.7 Å². The van der Waals surface area contributed by atoms with E-state index in [1.165, 1.54) is 0 Å². The third-order valence-electron chi connectivity index (χ3n) is 2.96. The number of rotatable bonds is 7. The average molecular weight is 353 g/mol. The third kappa shape index (κ3) is 3.64. The van der Waals surface area contributed by atoms with Crippen molar-refractivity contribution in [2.45, 2.75) is 27.0 Å². The van der Waals surface area contributed by atoms with Gasteiger partial charge in [0.2, 0.25) is 0 Å². The molecule has 0 atom stereocenters. The lowest BCUT2D eigenvalue weighted by molar-refractivity contribution is 0.112. The molecule has 0 N–H and O–H groups in total. The van der Waals surface area contributed by atoms with Crippen LogP contribution in [0.15, 0.2) is 29.0 Å².